The van der Waals surface area contributed by atoms with Gasteiger partial charge in [0, 0.05) is 37.0 Å². The summed E-state index contributed by atoms with van der Waals surface area (Å²) in [4.78, 5) is 12.5. The zero-order chi connectivity index (χ0) is 19.9. The van der Waals surface area contributed by atoms with Crippen LogP contribution in [0, 0.1) is 0 Å². The van der Waals surface area contributed by atoms with Gasteiger partial charge in [0.1, 0.15) is 11.5 Å². The molecule has 8 nitrogen and oxygen atoms in total. The molecule has 1 aromatic heterocycles. The van der Waals surface area contributed by atoms with Crippen LogP contribution in [0.3, 0.4) is 0 Å². The number of thioether (sulfide) groups is 1. The number of aromatic nitrogens is 2. The highest BCUT2D eigenvalue weighted by Gasteiger charge is 2.19. The Morgan fingerprint density at radius 1 is 1.32 bits per heavy atom. The van der Waals surface area contributed by atoms with E-state index >= 15 is 0 Å². The number of nitrogens with one attached hydrogen (secondary N) is 2. The molecule has 1 aromatic carbocycles. The van der Waals surface area contributed by atoms with Gasteiger partial charge in [0.25, 0.3) is 0 Å². The largest absolute Gasteiger partial charge is 0.497 e. The first-order valence-corrected chi connectivity index (χ1v) is 10.7. The molecule has 2 heterocycles. The molecular formula is C18H24N4O4S2. The van der Waals surface area contributed by atoms with Crippen molar-refractivity contribution < 1.29 is 19.0 Å². The average Bonchev–Trinajstić information content (AvgIpc) is 3.37. The third-order valence-corrected chi connectivity index (χ3v) is 6.24. The van der Waals surface area contributed by atoms with E-state index in [0.717, 1.165) is 35.5 Å². The zero-order valence-electron chi connectivity index (χ0n) is 16.1. The van der Waals surface area contributed by atoms with Crippen LogP contribution in [0.4, 0.5) is 10.8 Å². The molecule has 0 radical (unpaired) electrons. The summed E-state index contributed by atoms with van der Waals surface area (Å²) in [6.07, 6.45) is 2.42. The Balaban J connectivity index is 1.52. The molecule has 0 bridgehead atoms. The summed E-state index contributed by atoms with van der Waals surface area (Å²) < 4.78 is 16.8. The first-order chi connectivity index (χ1) is 13.6. The Labute approximate surface area is 172 Å². The predicted octanol–water partition coefficient (Wildman–Crippen LogP) is 3.27. The number of nitrogens with zero attached hydrogens (tertiary/aromatic N) is 2. The summed E-state index contributed by atoms with van der Waals surface area (Å²) in [5.74, 6) is 1.09. The fourth-order valence-corrected chi connectivity index (χ4v) is 4.57. The molecule has 2 unspecified atom stereocenters. The second-order valence-corrected chi connectivity index (χ2v) is 8.81. The summed E-state index contributed by atoms with van der Waals surface area (Å²) in [6.45, 7) is 3.39. The lowest BCUT2D eigenvalue weighted by Crippen LogP contribution is -2.22. The van der Waals surface area contributed by atoms with E-state index in [1.54, 1.807) is 32.4 Å². The molecule has 0 saturated carbocycles. The number of carbonyl (C=O) groups is 1. The third-order valence-electron chi connectivity index (χ3n) is 4.18. The fourth-order valence-electron chi connectivity index (χ4n) is 2.66. The van der Waals surface area contributed by atoms with Gasteiger partial charge in [0.2, 0.25) is 11.0 Å². The topological polar surface area (TPSA) is 94.6 Å². The standard InChI is InChI=1S/C18H24N4O4S2/c1-11(16(23)20-12-7-14(24-2)9-15(8-12)25-3)27-18-22-21-17(28-18)19-10-13-5-4-6-26-13/h7-9,11,13H,4-6,10H2,1-3H3,(H,19,21)(H,20,23). The van der Waals surface area contributed by atoms with Crippen LogP contribution in [0.2, 0.25) is 0 Å². The maximum Gasteiger partial charge on any atom is 0.237 e. The van der Waals surface area contributed by atoms with Gasteiger partial charge in [-0.3, -0.25) is 4.79 Å². The second-order valence-electron chi connectivity index (χ2n) is 6.24. The van der Waals surface area contributed by atoms with Crippen LogP contribution >= 0.6 is 23.1 Å². The molecule has 1 saturated heterocycles. The molecule has 1 amide bonds. The van der Waals surface area contributed by atoms with Gasteiger partial charge >= 0.3 is 0 Å². The smallest absolute Gasteiger partial charge is 0.237 e. The summed E-state index contributed by atoms with van der Waals surface area (Å²) in [5.41, 5.74) is 0.616. The van der Waals surface area contributed by atoms with Crippen molar-refractivity contribution in [3.8, 4) is 11.5 Å². The highest BCUT2D eigenvalue weighted by atomic mass is 32.2. The van der Waals surface area contributed by atoms with Crippen LogP contribution in [-0.2, 0) is 9.53 Å². The van der Waals surface area contributed by atoms with Crippen molar-refractivity contribution in [3.63, 3.8) is 0 Å². The van der Waals surface area contributed by atoms with E-state index in [1.165, 1.54) is 23.1 Å². The van der Waals surface area contributed by atoms with Crippen molar-refractivity contribution in [2.45, 2.75) is 35.5 Å². The normalized spacial score (nSPS) is 17.2. The van der Waals surface area contributed by atoms with Crippen LogP contribution in [0.25, 0.3) is 0 Å². The molecule has 0 aliphatic carbocycles. The number of amides is 1. The molecule has 3 rings (SSSR count). The van der Waals surface area contributed by atoms with Crippen LogP contribution in [0.1, 0.15) is 19.8 Å². The highest BCUT2D eigenvalue weighted by Crippen LogP contribution is 2.31. The molecule has 0 spiro atoms. The van der Waals surface area contributed by atoms with Crippen molar-refractivity contribution in [2.75, 3.05) is 38.0 Å². The minimum atomic E-state index is -0.337. The number of ether oxygens (including phenoxy) is 3. The Kier molecular flexibility index (Phi) is 7.35. The first-order valence-electron chi connectivity index (χ1n) is 8.97. The Hall–Kier alpha value is -2.04. The maximum absolute atomic E-state index is 12.5. The second kappa shape index (κ2) is 9.94. The number of benzene rings is 1. The Morgan fingerprint density at radius 3 is 2.71 bits per heavy atom. The van der Waals surface area contributed by atoms with Gasteiger partial charge in [-0.1, -0.05) is 23.1 Å². The molecular weight excluding hydrogens is 400 g/mol. The lowest BCUT2D eigenvalue weighted by molar-refractivity contribution is -0.115. The van der Waals surface area contributed by atoms with Crippen LogP contribution in [-0.4, -0.2) is 54.8 Å². The molecule has 1 aliphatic rings. The lowest BCUT2D eigenvalue weighted by Gasteiger charge is -2.12. The summed E-state index contributed by atoms with van der Waals surface area (Å²) in [6, 6.07) is 5.24. The molecule has 28 heavy (non-hydrogen) atoms. The van der Waals surface area contributed by atoms with Crippen molar-refractivity contribution in [1.29, 1.82) is 0 Å². The average molecular weight is 425 g/mol. The third kappa shape index (κ3) is 5.73. The van der Waals surface area contributed by atoms with Gasteiger partial charge in [-0.15, -0.1) is 10.2 Å². The van der Waals surface area contributed by atoms with Crippen LogP contribution in [0.5, 0.6) is 11.5 Å². The van der Waals surface area contributed by atoms with Gasteiger partial charge in [0.05, 0.1) is 25.6 Å². The number of anilines is 2. The highest BCUT2D eigenvalue weighted by molar-refractivity contribution is 8.02. The molecule has 2 atom stereocenters. The number of hydrogen-bond acceptors (Lipinski definition) is 9. The summed E-state index contributed by atoms with van der Waals surface area (Å²) >= 11 is 2.80. The van der Waals surface area contributed by atoms with E-state index < -0.39 is 0 Å². The summed E-state index contributed by atoms with van der Waals surface area (Å²) in [7, 11) is 3.14. The molecule has 2 aromatic rings. The van der Waals surface area contributed by atoms with E-state index in [4.69, 9.17) is 14.2 Å². The number of hydrogen-bond donors (Lipinski definition) is 2. The van der Waals surface area contributed by atoms with Gasteiger partial charge in [0.15, 0.2) is 4.34 Å². The van der Waals surface area contributed by atoms with E-state index in [0.29, 0.717) is 17.2 Å². The lowest BCUT2D eigenvalue weighted by atomic mass is 10.2. The molecule has 2 N–H and O–H groups in total. The van der Waals surface area contributed by atoms with E-state index in [2.05, 4.69) is 20.8 Å². The molecule has 1 fully saturated rings. The van der Waals surface area contributed by atoms with Gasteiger partial charge < -0.3 is 24.8 Å². The fraction of sp³-hybridized carbons (Fsp3) is 0.500. The molecule has 10 heteroatoms. The van der Waals surface area contributed by atoms with Crippen molar-refractivity contribution in [1.82, 2.24) is 10.2 Å². The van der Waals surface area contributed by atoms with Gasteiger partial charge in [-0.05, 0) is 19.8 Å². The van der Waals surface area contributed by atoms with E-state index in [1.807, 2.05) is 6.92 Å². The summed E-state index contributed by atoms with van der Waals surface area (Å²) in [5, 5.41) is 14.8. The van der Waals surface area contributed by atoms with Crippen molar-refractivity contribution in [2.24, 2.45) is 0 Å². The Morgan fingerprint density at radius 2 is 2.07 bits per heavy atom. The quantitative estimate of drug-likeness (QED) is 0.593. The number of methoxy groups -OCH3 is 2. The van der Waals surface area contributed by atoms with E-state index in [-0.39, 0.29) is 17.3 Å². The minimum Gasteiger partial charge on any atom is -0.497 e. The van der Waals surface area contributed by atoms with E-state index in [9.17, 15) is 4.79 Å². The number of carbonyl (C=O) groups excluding carboxylic acids is 1. The SMILES string of the molecule is COc1cc(NC(=O)C(C)Sc2nnc(NCC3CCCO3)s2)cc(OC)c1. The first kappa shape index (κ1) is 20.7. The molecule has 1 aliphatic heterocycles. The van der Waals surface area contributed by atoms with Gasteiger partial charge in [-0.2, -0.15) is 0 Å². The van der Waals surface area contributed by atoms with Crippen molar-refractivity contribution >= 4 is 39.8 Å². The molecule has 152 valence electrons. The zero-order valence-corrected chi connectivity index (χ0v) is 17.7. The predicted molar refractivity (Wildman–Crippen MR) is 111 cm³/mol. The maximum atomic E-state index is 12.5. The monoisotopic (exact) mass is 424 g/mol. The Bertz CT molecular complexity index is 773. The van der Waals surface area contributed by atoms with Gasteiger partial charge in [-0.25, -0.2) is 0 Å². The minimum absolute atomic E-state index is 0.135. The van der Waals surface area contributed by atoms with Crippen LogP contribution < -0.4 is 20.1 Å². The van der Waals surface area contributed by atoms with Crippen molar-refractivity contribution in [3.05, 3.63) is 18.2 Å². The number of rotatable bonds is 9. The van der Waals surface area contributed by atoms with Crippen LogP contribution in [0.15, 0.2) is 22.5 Å².